The summed E-state index contributed by atoms with van der Waals surface area (Å²) >= 11 is 0. The van der Waals surface area contributed by atoms with Gasteiger partial charge in [-0.25, -0.2) is 0 Å². The average molecular weight is 248 g/mol. The molecule has 1 heterocycles. The molecule has 0 aliphatic carbocycles. The van der Waals surface area contributed by atoms with Crippen LogP contribution in [0, 0.1) is 5.92 Å². The van der Waals surface area contributed by atoms with Gasteiger partial charge in [0.15, 0.2) is 0 Å². The van der Waals surface area contributed by atoms with Crippen LogP contribution in [0.25, 0.3) is 0 Å². The van der Waals surface area contributed by atoms with Crippen molar-refractivity contribution in [1.82, 2.24) is 0 Å². The number of nitrogens with zero attached hydrogens (tertiary/aromatic N) is 1. The van der Waals surface area contributed by atoms with Crippen LogP contribution < -0.4 is 15.4 Å². The zero-order valence-corrected chi connectivity index (χ0v) is 11.4. The van der Waals surface area contributed by atoms with Gasteiger partial charge in [-0.05, 0) is 37.3 Å². The van der Waals surface area contributed by atoms with Crippen LogP contribution >= 0.6 is 0 Å². The molecule has 0 saturated carbocycles. The fraction of sp³-hybridized carbons (Fsp3) is 0.600. The summed E-state index contributed by atoms with van der Waals surface area (Å²) in [5, 5.41) is 0. The molecule has 0 amide bonds. The molecule has 2 atom stereocenters. The zero-order valence-electron chi connectivity index (χ0n) is 11.4. The van der Waals surface area contributed by atoms with Gasteiger partial charge in [-0.1, -0.05) is 13.0 Å². The van der Waals surface area contributed by atoms with Crippen molar-refractivity contribution in [1.29, 1.82) is 0 Å². The molecule has 1 aliphatic heterocycles. The van der Waals surface area contributed by atoms with Crippen molar-refractivity contribution in [2.75, 3.05) is 25.1 Å². The topological polar surface area (TPSA) is 38.5 Å². The van der Waals surface area contributed by atoms with Crippen molar-refractivity contribution in [2.45, 2.75) is 32.2 Å². The first-order chi connectivity index (χ1) is 8.72. The number of rotatable bonds is 5. The normalized spacial score (nSPS) is 21.1. The van der Waals surface area contributed by atoms with Gasteiger partial charge in [-0.15, -0.1) is 0 Å². The van der Waals surface area contributed by atoms with Gasteiger partial charge in [-0.3, -0.25) is 0 Å². The molecular formula is C15H24N2O. The molecule has 1 fully saturated rings. The second-order valence-electron chi connectivity index (χ2n) is 5.21. The summed E-state index contributed by atoms with van der Waals surface area (Å²) in [4.78, 5) is 2.44. The fourth-order valence-electron chi connectivity index (χ4n) is 2.66. The van der Waals surface area contributed by atoms with Crippen LogP contribution in [0.4, 0.5) is 5.69 Å². The average Bonchev–Trinajstić information content (AvgIpc) is 2.87. The Hall–Kier alpha value is -1.22. The van der Waals surface area contributed by atoms with Crippen molar-refractivity contribution < 1.29 is 4.74 Å². The van der Waals surface area contributed by atoms with Crippen LogP contribution in [-0.4, -0.2) is 26.2 Å². The van der Waals surface area contributed by atoms with Crippen molar-refractivity contribution in [3.05, 3.63) is 24.3 Å². The molecule has 2 rings (SSSR count). The Labute approximate surface area is 110 Å². The van der Waals surface area contributed by atoms with E-state index in [1.54, 1.807) is 7.11 Å². The molecule has 0 aromatic heterocycles. The maximum atomic E-state index is 6.04. The SMILES string of the molecule is CCC(N)CC1CCN(c2cccc(OC)c2)C1. The van der Waals surface area contributed by atoms with E-state index in [9.17, 15) is 0 Å². The Morgan fingerprint density at radius 3 is 3.06 bits per heavy atom. The molecule has 0 bridgehead atoms. The minimum absolute atomic E-state index is 0.361. The van der Waals surface area contributed by atoms with E-state index in [1.807, 2.05) is 6.07 Å². The molecule has 18 heavy (non-hydrogen) atoms. The maximum Gasteiger partial charge on any atom is 0.120 e. The Morgan fingerprint density at radius 1 is 1.50 bits per heavy atom. The lowest BCUT2D eigenvalue weighted by Gasteiger charge is -2.20. The molecule has 1 aromatic carbocycles. The monoisotopic (exact) mass is 248 g/mol. The zero-order chi connectivity index (χ0) is 13.0. The molecule has 1 saturated heterocycles. The molecule has 2 unspecified atom stereocenters. The lowest BCUT2D eigenvalue weighted by Crippen LogP contribution is -2.25. The van der Waals surface area contributed by atoms with Gasteiger partial charge in [0.2, 0.25) is 0 Å². The number of ether oxygens (including phenoxy) is 1. The van der Waals surface area contributed by atoms with Crippen LogP contribution in [0.3, 0.4) is 0 Å². The summed E-state index contributed by atoms with van der Waals surface area (Å²) in [5.74, 6) is 1.67. The molecule has 1 aromatic rings. The van der Waals surface area contributed by atoms with E-state index in [-0.39, 0.29) is 0 Å². The third-order valence-corrected chi connectivity index (χ3v) is 3.86. The molecule has 0 radical (unpaired) electrons. The van der Waals surface area contributed by atoms with Crippen LogP contribution in [0.5, 0.6) is 5.75 Å². The summed E-state index contributed by atoms with van der Waals surface area (Å²) in [7, 11) is 1.71. The Morgan fingerprint density at radius 2 is 2.33 bits per heavy atom. The molecule has 0 spiro atoms. The van der Waals surface area contributed by atoms with E-state index < -0.39 is 0 Å². The lowest BCUT2D eigenvalue weighted by atomic mass is 9.98. The molecular weight excluding hydrogens is 224 g/mol. The summed E-state index contributed by atoms with van der Waals surface area (Å²) in [6.07, 6.45) is 3.48. The van der Waals surface area contributed by atoms with Gasteiger partial charge in [-0.2, -0.15) is 0 Å². The third-order valence-electron chi connectivity index (χ3n) is 3.86. The van der Waals surface area contributed by atoms with Crippen LogP contribution in [0.1, 0.15) is 26.2 Å². The van der Waals surface area contributed by atoms with Crippen LogP contribution in [-0.2, 0) is 0 Å². The van der Waals surface area contributed by atoms with Gasteiger partial charge >= 0.3 is 0 Å². The third kappa shape index (κ3) is 3.16. The highest BCUT2D eigenvalue weighted by Crippen LogP contribution is 2.28. The summed E-state index contributed by atoms with van der Waals surface area (Å²) < 4.78 is 5.28. The second-order valence-corrected chi connectivity index (χ2v) is 5.21. The van der Waals surface area contributed by atoms with Gasteiger partial charge in [0, 0.05) is 30.9 Å². The largest absolute Gasteiger partial charge is 0.497 e. The van der Waals surface area contributed by atoms with E-state index in [0.717, 1.165) is 37.6 Å². The van der Waals surface area contributed by atoms with Gasteiger partial charge in [0.05, 0.1) is 7.11 Å². The van der Waals surface area contributed by atoms with E-state index in [2.05, 4.69) is 30.0 Å². The fourth-order valence-corrected chi connectivity index (χ4v) is 2.66. The summed E-state index contributed by atoms with van der Waals surface area (Å²) in [6.45, 7) is 4.43. The molecule has 1 aliphatic rings. The maximum absolute atomic E-state index is 6.04. The highest BCUT2D eigenvalue weighted by molar-refractivity contribution is 5.51. The second kappa shape index (κ2) is 6.10. The van der Waals surface area contributed by atoms with E-state index in [1.165, 1.54) is 12.1 Å². The first kappa shape index (κ1) is 13.2. The summed E-state index contributed by atoms with van der Waals surface area (Å²) in [5.41, 5.74) is 7.31. The van der Waals surface area contributed by atoms with Gasteiger partial charge in [0.25, 0.3) is 0 Å². The predicted molar refractivity (Wildman–Crippen MR) is 76.2 cm³/mol. The highest BCUT2D eigenvalue weighted by atomic mass is 16.5. The quantitative estimate of drug-likeness (QED) is 0.870. The molecule has 2 N–H and O–H groups in total. The van der Waals surface area contributed by atoms with Crippen LogP contribution in [0.2, 0.25) is 0 Å². The molecule has 100 valence electrons. The minimum atomic E-state index is 0.361. The number of nitrogens with two attached hydrogens (primary N) is 1. The van der Waals surface area contributed by atoms with E-state index >= 15 is 0 Å². The molecule has 3 nitrogen and oxygen atoms in total. The Balaban J connectivity index is 1.95. The number of hydrogen-bond donors (Lipinski definition) is 1. The minimum Gasteiger partial charge on any atom is -0.497 e. The van der Waals surface area contributed by atoms with Gasteiger partial charge < -0.3 is 15.4 Å². The molecule has 3 heteroatoms. The number of methoxy groups -OCH3 is 1. The summed E-state index contributed by atoms with van der Waals surface area (Å²) in [6, 6.07) is 8.68. The first-order valence-corrected chi connectivity index (χ1v) is 6.87. The lowest BCUT2D eigenvalue weighted by molar-refractivity contribution is 0.415. The Kier molecular flexibility index (Phi) is 4.48. The van der Waals surface area contributed by atoms with Crippen molar-refractivity contribution in [3.8, 4) is 5.75 Å². The van der Waals surface area contributed by atoms with Crippen LogP contribution in [0.15, 0.2) is 24.3 Å². The van der Waals surface area contributed by atoms with Gasteiger partial charge in [0.1, 0.15) is 5.75 Å². The predicted octanol–water partition coefficient (Wildman–Crippen LogP) is 2.65. The number of anilines is 1. The van der Waals surface area contributed by atoms with Crippen molar-refractivity contribution in [2.24, 2.45) is 11.7 Å². The van der Waals surface area contributed by atoms with Crippen molar-refractivity contribution in [3.63, 3.8) is 0 Å². The standard InChI is InChI=1S/C15H24N2O/c1-3-13(16)9-12-7-8-17(11-12)14-5-4-6-15(10-14)18-2/h4-6,10,12-13H,3,7-9,11,16H2,1-2H3. The first-order valence-electron chi connectivity index (χ1n) is 6.87. The van der Waals surface area contributed by atoms with Crippen molar-refractivity contribution >= 4 is 5.69 Å². The van der Waals surface area contributed by atoms with E-state index in [0.29, 0.717) is 6.04 Å². The number of hydrogen-bond acceptors (Lipinski definition) is 3. The Bertz CT molecular complexity index is 381. The highest BCUT2D eigenvalue weighted by Gasteiger charge is 2.24. The van der Waals surface area contributed by atoms with E-state index in [4.69, 9.17) is 10.5 Å². The number of benzene rings is 1. The smallest absolute Gasteiger partial charge is 0.120 e.